The highest BCUT2D eigenvalue weighted by atomic mass is 16.6. The number of hydroxylamine groups is 1. The largest absolute Gasteiger partial charge is 0.277 e. The first-order valence-electron chi connectivity index (χ1n) is 7.25. The van der Waals surface area contributed by atoms with Crippen LogP contribution in [0.15, 0.2) is 66.2 Å². The summed E-state index contributed by atoms with van der Waals surface area (Å²) in [6.07, 6.45) is 2.17. The maximum absolute atomic E-state index is 12.2. The summed E-state index contributed by atoms with van der Waals surface area (Å²) in [5, 5.41) is 0. The van der Waals surface area contributed by atoms with E-state index in [1.54, 1.807) is 0 Å². The molecule has 0 saturated heterocycles. The molecular weight excluding hydrogens is 274 g/mol. The number of hydrogen-bond donors (Lipinski definition) is 1. The van der Waals surface area contributed by atoms with Crippen LogP contribution in [0, 0.1) is 0 Å². The van der Waals surface area contributed by atoms with Gasteiger partial charge in [-0.25, -0.2) is 5.48 Å². The van der Waals surface area contributed by atoms with Crippen molar-refractivity contribution in [3.63, 3.8) is 0 Å². The van der Waals surface area contributed by atoms with Gasteiger partial charge in [-0.2, -0.15) is 0 Å². The monoisotopic (exact) mass is 295 g/mol. The molecule has 2 rings (SSSR count). The molecule has 1 unspecified atom stereocenters. The van der Waals surface area contributed by atoms with Gasteiger partial charge in [0.05, 0.1) is 7.11 Å². The number of amides is 1. The Hall–Kier alpha value is -2.39. The van der Waals surface area contributed by atoms with Crippen molar-refractivity contribution in [2.24, 2.45) is 0 Å². The van der Waals surface area contributed by atoms with Crippen molar-refractivity contribution in [3.05, 3.63) is 82.9 Å². The smallest absolute Gasteiger partial charge is 0.275 e. The standard InChI is InChI=1S/C19H21NO2/c1-14(2)13-18(15-9-5-4-6-10-15)16-11-7-8-12-17(16)19(21)20-22-3/h4-13,18H,1-3H3,(H,20,21). The van der Waals surface area contributed by atoms with E-state index in [4.69, 9.17) is 4.84 Å². The molecule has 114 valence electrons. The summed E-state index contributed by atoms with van der Waals surface area (Å²) in [6.45, 7) is 4.13. The molecule has 0 saturated carbocycles. The first-order valence-corrected chi connectivity index (χ1v) is 7.25. The Morgan fingerprint density at radius 1 is 1.05 bits per heavy atom. The topological polar surface area (TPSA) is 38.3 Å². The molecule has 22 heavy (non-hydrogen) atoms. The Morgan fingerprint density at radius 3 is 2.32 bits per heavy atom. The van der Waals surface area contributed by atoms with Crippen molar-refractivity contribution < 1.29 is 9.63 Å². The van der Waals surface area contributed by atoms with Gasteiger partial charge < -0.3 is 0 Å². The average Bonchev–Trinajstić information content (AvgIpc) is 2.53. The molecule has 0 radical (unpaired) electrons. The minimum absolute atomic E-state index is 0.0324. The first kappa shape index (κ1) is 16.0. The van der Waals surface area contributed by atoms with Gasteiger partial charge in [-0.3, -0.25) is 9.63 Å². The van der Waals surface area contributed by atoms with Gasteiger partial charge in [-0.1, -0.05) is 60.2 Å². The van der Waals surface area contributed by atoms with Crippen LogP contribution in [0.3, 0.4) is 0 Å². The molecule has 3 nitrogen and oxygen atoms in total. The second kappa shape index (κ2) is 7.57. The number of benzene rings is 2. The molecule has 0 spiro atoms. The van der Waals surface area contributed by atoms with E-state index < -0.39 is 0 Å². The highest BCUT2D eigenvalue weighted by molar-refractivity contribution is 5.95. The lowest BCUT2D eigenvalue weighted by Crippen LogP contribution is -2.23. The molecule has 0 aromatic heterocycles. The quantitative estimate of drug-likeness (QED) is 0.667. The zero-order valence-electron chi connectivity index (χ0n) is 13.2. The Morgan fingerprint density at radius 2 is 1.68 bits per heavy atom. The lowest BCUT2D eigenvalue weighted by molar-refractivity contribution is 0.0536. The number of carbonyl (C=O) groups excluding carboxylic acids is 1. The van der Waals surface area contributed by atoms with Gasteiger partial charge in [0.25, 0.3) is 5.91 Å². The number of hydrogen-bond acceptors (Lipinski definition) is 2. The highest BCUT2D eigenvalue weighted by Gasteiger charge is 2.18. The fourth-order valence-electron chi connectivity index (χ4n) is 2.48. The second-order valence-corrected chi connectivity index (χ2v) is 5.35. The van der Waals surface area contributed by atoms with Crippen molar-refractivity contribution in [1.29, 1.82) is 0 Å². The normalized spacial score (nSPS) is 11.6. The van der Waals surface area contributed by atoms with Crippen molar-refractivity contribution >= 4 is 5.91 Å². The van der Waals surface area contributed by atoms with Crippen molar-refractivity contribution in [3.8, 4) is 0 Å². The van der Waals surface area contributed by atoms with Gasteiger partial charge in [0.15, 0.2) is 0 Å². The molecular formula is C19H21NO2. The van der Waals surface area contributed by atoms with Gasteiger partial charge >= 0.3 is 0 Å². The molecule has 1 amide bonds. The maximum atomic E-state index is 12.2. The summed E-state index contributed by atoms with van der Waals surface area (Å²) in [4.78, 5) is 17.0. The van der Waals surface area contributed by atoms with E-state index in [1.807, 2.05) is 42.5 Å². The Balaban J connectivity index is 2.54. The summed E-state index contributed by atoms with van der Waals surface area (Å²) >= 11 is 0. The summed E-state index contributed by atoms with van der Waals surface area (Å²) in [6, 6.07) is 17.8. The van der Waals surface area contributed by atoms with E-state index >= 15 is 0 Å². The zero-order valence-corrected chi connectivity index (χ0v) is 13.2. The van der Waals surface area contributed by atoms with Crippen LogP contribution >= 0.6 is 0 Å². The van der Waals surface area contributed by atoms with E-state index in [0.717, 1.165) is 11.1 Å². The lowest BCUT2D eigenvalue weighted by atomic mass is 9.86. The van der Waals surface area contributed by atoms with Gasteiger partial charge in [-0.15, -0.1) is 0 Å². The molecule has 0 fully saturated rings. The fraction of sp³-hybridized carbons (Fsp3) is 0.211. The molecule has 0 heterocycles. The maximum Gasteiger partial charge on any atom is 0.275 e. The van der Waals surface area contributed by atoms with Crippen molar-refractivity contribution in [2.75, 3.05) is 7.11 Å². The summed E-state index contributed by atoms with van der Waals surface area (Å²) in [7, 11) is 1.44. The van der Waals surface area contributed by atoms with Crippen LogP contribution in [-0.2, 0) is 4.84 Å². The van der Waals surface area contributed by atoms with Gasteiger partial charge in [0.2, 0.25) is 0 Å². The Labute approximate surface area is 131 Å². The molecule has 0 aliphatic heterocycles. The molecule has 2 aromatic carbocycles. The van der Waals surface area contributed by atoms with Gasteiger partial charge in [0.1, 0.15) is 0 Å². The average molecular weight is 295 g/mol. The predicted octanol–water partition coefficient (Wildman–Crippen LogP) is 4.08. The zero-order chi connectivity index (χ0) is 15.9. The van der Waals surface area contributed by atoms with Crippen LogP contribution < -0.4 is 5.48 Å². The Bertz CT molecular complexity index is 658. The molecule has 1 atom stereocenters. The third-order valence-corrected chi connectivity index (χ3v) is 3.39. The van der Waals surface area contributed by atoms with Crippen LogP contribution in [0.1, 0.15) is 41.3 Å². The molecule has 0 aliphatic carbocycles. The van der Waals surface area contributed by atoms with Crippen LogP contribution in [0.4, 0.5) is 0 Å². The predicted molar refractivity (Wildman–Crippen MR) is 88.6 cm³/mol. The molecule has 0 aliphatic rings. The van der Waals surface area contributed by atoms with E-state index in [0.29, 0.717) is 5.56 Å². The third kappa shape index (κ3) is 3.83. The number of nitrogens with one attached hydrogen (secondary N) is 1. The Kier molecular flexibility index (Phi) is 5.50. The van der Waals surface area contributed by atoms with Gasteiger partial charge in [-0.05, 0) is 31.0 Å². The lowest BCUT2D eigenvalue weighted by Gasteiger charge is -2.18. The number of rotatable bonds is 5. The van der Waals surface area contributed by atoms with E-state index in [9.17, 15) is 4.79 Å². The SMILES string of the molecule is CONC(=O)c1ccccc1C(C=C(C)C)c1ccccc1. The molecule has 0 bridgehead atoms. The molecule has 1 N–H and O–H groups in total. The van der Waals surface area contributed by atoms with Crippen LogP contribution in [0.2, 0.25) is 0 Å². The minimum atomic E-state index is -0.235. The summed E-state index contributed by atoms with van der Waals surface area (Å²) in [5.74, 6) is -0.203. The van der Waals surface area contributed by atoms with E-state index in [-0.39, 0.29) is 11.8 Å². The molecule has 3 heteroatoms. The van der Waals surface area contributed by atoms with Crippen molar-refractivity contribution in [2.45, 2.75) is 19.8 Å². The van der Waals surface area contributed by atoms with Gasteiger partial charge in [0, 0.05) is 11.5 Å². The number of allylic oxidation sites excluding steroid dienone is 2. The summed E-state index contributed by atoms with van der Waals surface area (Å²) in [5.41, 5.74) is 6.34. The minimum Gasteiger partial charge on any atom is -0.277 e. The fourth-order valence-corrected chi connectivity index (χ4v) is 2.48. The van der Waals surface area contributed by atoms with E-state index in [2.05, 4.69) is 37.5 Å². The van der Waals surface area contributed by atoms with Crippen molar-refractivity contribution in [1.82, 2.24) is 5.48 Å². The number of carbonyl (C=O) groups is 1. The second-order valence-electron chi connectivity index (χ2n) is 5.35. The summed E-state index contributed by atoms with van der Waals surface area (Å²) < 4.78 is 0. The van der Waals surface area contributed by atoms with E-state index in [1.165, 1.54) is 12.7 Å². The van der Waals surface area contributed by atoms with Crippen LogP contribution in [-0.4, -0.2) is 13.0 Å². The first-order chi connectivity index (χ1) is 10.6. The van der Waals surface area contributed by atoms with Crippen LogP contribution in [0.25, 0.3) is 0 Å². The molecule has 2 aromatic rings. The highest BCUT2D eigenvalue weighted by Crippen LogP contribution is 2.29. The third-order valence-electron chi connectivity index (χ3n) is 3.39. The van der Waals surface area contributed by atoms with Crippen LogP contribution in [0.5, 0.6) is 0 Å².